The third-order valence-electron chi connectivity index (χ3n) is 6.17. The van der Waals surface area contributed by atoms with Crippen LogP contribution in [0.4, 0.5) is 10.5 Å². The minimum absolute atomic E-state index is 0.350. The van der Waals surface area contributed by atoms with Gasteiger partial charge in [-0.2, -0.15) is 10.4 Å². The highest BCUT2D eigenvalue weighted by atomic mass is 35.5. The number of hydrogen-bond donors (Lipinski definition) is 1. The molecule has 1 N–H and O–H groups in total. The maximum atomic E-state index is 13.7. The van der Waals surface area contributed by atoms with Crippen LogP contribution < -0.4 is 10.2 Å². The molecule has 0 saturated carbocycles. The fourth-order valence-corrected chi connectivity index (χ4v) is 6.23. The smallest absolute Gasteiger partial charge is 0.329 e. The second-order valence-corrected chi connectivity index (χ2v) is 9.91. The fourth-order valence-electron chi connectivity index (χ4n) is 4.57. The number of pyridine rings is 2. The van der Waals surface area contributed by atoms with Crippen LogP contribution in [0.5, 0.6) is 0 Å². The molecular weight excluding hydrogens is 498 g/mol. The number of benzene rings is 1. The molecule has 4 aromatic rings. The van der Waals surface area contributed by atoms with E-state index in [2.05, 4.69) is 26.5 Å². The molecule has 176 valence electrons. The summed E-state index contributed by atoms with van der Waals surface area (Å²) < 4.78 is 1.61. The molecule has 36 heavy (non-hydrogen) atoms. The van der Waals surface area contributed by atoms with Crippen molar-refractivity contribution in [1.29, 1.82) is 5.26 Å². The first kappa shape index (κ1) is 22.3. The number of hydrogen-bond acceptors (Lipinski definition) is 7. The number of nitriles is 1. The van der Waals surface area contributed by atoms with Crippen LogP contribution in [0.15, 0.2) is 61.3 Å². The number of fused-ring (bicyclic) bond motifs is 2. The van der Waals surface area contributed by atoms with Crippen LogP contribution in [0.2, 0.25) is 5.02 Å². The Bertz CT molecular complexity index is 1660. The zero-order chi connectivity index (χ0) is 25.0. The molecule has 9 nitrogen and oxygen atoms in total. The van der Waals surface area contributed by atoms with E-state index in [1.807, 2.05) is 18.2 Å². The van der Waals surface area contributed by atoms with Crippen molar-refractivity contribution in [3.63, 3.8) is 0 Å². The Kier molecular flexibility index (Phi) is 5.25. The van der Waals surface area contributed by atoms with Gasteiger partial charge in [0, 0.05) is 52.1 Å². The van der Waals surface area contributed by atoms with Crippen molar-refractivity contribution >= 4 is 56.8 Å². The summed E-state index contributed by atoms with van der Waals surface area (Å²) in [5, 5.41) is 17.1. The van der Waals surface area contributed by atoms with Crippen LogP contribution in [0.25, 0.3) is 26.9 Å². The molecule has 2 aliphatic heterocycles. The van der Waals surface area contributed by atoms with Crippen molar-refractivity contribution in [2.24, 2.45) is 7.05 Å². The highest BCUT2D eigenvalue weighted by Crippen LogP contribution is 2.47. The molecule has 1 aromatic carbocycles. The molecule has 0 spiro atoms. The Balaban J connectivity index is 1.39. The number of imide groups is 1. The molecule has 2 unspecified atom stereocenters. The highest BCUT2D eigenvalue weighted by Gasteiger charge is 2.46. The Morgan fingerprint density at radius 3 is 2.81 bits per heavy atom. The lowest BCUT2D eigenvalue weighted by atomic mass is 9.98. The molecule has 0 radical (unpaired) electrons. The Morgan fingerprint density at radius 1 is 1.14 bits per heavy atom. The van der Waals surface area contributed by atoms with E-state index in [0.717, 1.165) is 31.9 Å². The molecule has 5 heterocycles. The van der Waals surface area contributed by atoms with Crippen molar-refractivity contribution in [3.05, 3.63) is 77.5 Å². The van der Waals surface area contributed by atoms with Crippen LogP contribution in [0.1, 0.15) is 11.1 Å². The first-order valence-electron chi connectivity index (χ1n) is 10.9. The number of anilines is 1. The lowest BCUT2D eigenvalue weighted by Crippen LogP contribution is -2.60. The van der Waals surface area contributed by atoms with Gasteiger partial charge >= 0.3 is 6.03 Å². The number of aromatic nitrogens is 4. The molecule has 2 atom stereocenters. The molecule has 0 aliphatic carbocycles. The van der Waals surface area contributed by atoms with Crippen molar-refractivity contribution < 1.29 is 9.59 Å². The van der Waals surface area contributed by atoms with E-state index in [9.17, 15) is 14.9 Å². The van der Waals surface area contributed by atoms with Crippen LogP contribution >= 0.6 is 23.4 Å². The van der Waals surface area contributed by atoms with Gasteiger partial charge in [-0.05, 0) is 23.8 Å². The summed E-state index contributed by atoms with van der Waals surface area (Å²) in [5.41, 5.74) is 3.68. The number of halogens is 1. The third kappa shape index (κ3) is 3.44. The largest absolute Gasteiger partial charge is 0.329 e. The van der Waals surface area contributed by atoms with Gasteiger partial charge < -0.3 is 5.32 Å². The normalized spacial score (nSPS) is 19.1. The van der Waals surface area contributed by atoms with Gasteiger partial charge in [0.1, 0.15) is 11.3 Å². The van der Waals surface area contributed by atoms with E-state index in [0.29, 0.717) is 21.8 Å². The van der Waals surface area contributed by atoms with Crippen LogP contribution in [0, 0.1) is 11.3 Å². The molecule has 11 heteroatoms. The predicted molar refractivity (Wildman–Crippen MR) is 137 cm³/mol. The number of urea groups is 1. The monoisotopic (exact) mass is 513 g/mol. The number of thioether (sulfide) groups is 1. The number of rotatable bonds is 3. The SMILES string of the molecule is Cn1ncc2cncc(N3C(=O)NC4C=C(c5c(Cl)cccc5-c5cncc(C#N)c5)SC4C3=O)c21. The second kappa shape index (κ2) is 8.48. The zero-order valence-electron chi connectivity index (χ0n) is 18.7. The van der Waals surface area contributed by atoms with E-state index in [1.165, 1.54) is 24.2 Å². The van der Waals surface area contributed by atoms with E-state index >= 15 is 0 Å². The van der Waals surface area contributed by atoms with Gasteiger partial charge in [0.15, 0.2) is 0 Å². The molecule has 1 fully saturated rings. The van der Waals surface area contributed by atoms with E-state index in [-0.39, 0.29) is 5.91 Å². The van der Waals surface area contributed by atoms with Crippen LogP contribution in [-0.2, 0) is 11.8 Å². The quantitative estimate of drug-likeness (QED) is 0.437. The van der Waals surface area contributed by atoms with E-state index < -0.39 is 17.3 Å². The summed E-state index contributed by atoms with van der Waals surface area (Å²) in [7, 11) is 1.75. The number of carbonyl (C=O) groups is 2. The van der Waals surface area contributed by atoms with Gasteiger partial charge in [-0.3, -0.25) is 19.4 Å². The van der Waals surface area contributed by atoms with E-state index in [4.69, 9.17) is 11.6 Å². The topological polar surface area (TPSA) is 117 Å². The first-order chi connectivity index (χ1) is 17.5. The van der Waals surface area contributed by atoms with Gasteiger partial charge in [0.25, 0.3) is 5.91 Å². The molecule has 3 amide bonds. The van der Waals surface area contributed by atoms with Crippen LogP contribution in [-0.4, -0.2) is 43.0 Å². The summed E-state index contributed by atoms with van der Waals surface area (Å²) in [5.74, 6) is -0.350. The Morgan fingerprint density at radius 2 is 1.97 bits per heavy atom. The average Bonchev–Trinajstić information content (AvgIpc) is 3.48. The number of aryl methyl sites for hydroxylation is 1. The fraction of sp³-hybridized carbons (Fsp3) is 0.120. The summed E-state index contributed by atoms with van der Waals surface area (Å²) in [6.07, 6.45) is 9.79. The van der Waals surface area contributed by atoms with Gasteiger partial charge in [-0.1, -0.05) is 23.7 Å². The lowest BCUT2D eigenvalue weighted by Gasteiger charge is -2.33. The Hall–Kier alpha value is -4.20. The molecular formula is C25H16ClN7O2S. The van der Waals surface area contributed by atoms with Gasteiger partial charge in [-0.15, -0.1) is 11.8 Å². The first-order valence-corrected chi connectivity index (χ1v) is 12.1. The van der Waals surface area contributed by atoms with Crippen molar-refractivity contribution in [2.45, 2.75) is 11.3 Å². The zero-order valence-corrected chi connectivity index (χ0v) is 20.3. The second-order valence-electron chi connectivity index (χ2n) is 8.32. The summed E-state index contributed by atoms with van der Waals surface area (Å²) >= 11 is 7.99. The number of amides is 3. The highest BCUT2D eigenvalue weighted by molar-refractivity contribution is 8.09. The van der Waals surface area contributed by atoms with Crippen molar-refractivity contribution in [1.82, 2.24) is 25.1 Å². The van der Waals surface area contributed by atoms with Gasteiger partial charge in [0.05, 0.1) is 35.2 Å². The molecule has 1 saturated heterocycles. The number of nitrogens with one attached hydrogen (secondary N) is 1. The Labute approximate surface area is 214 Å². The minimum atomic E-state index is -0.589. The van der Waals surface area contributed by atoms with Gasteiger partial charge in [-0.25, -0.2) is 9.69 Å². The molecule has 2 aliphatic rings. The van der Waals surface area contributed by atoms with E-state index in [1.54, 1.807) is 42.5 Å². The molecule has 3 aromatic heterocycles. The van der Waals surface area contributed by atoms with Crippen LogP contribution in [0.3, 0.4) is 0 Å². The maximum Gasteiger partial charge on any atom is 0.329 e. The summed E-state index contributed by atoms with van der Waals surface area (Å²) in [4.78, 5) is 37.1. The third-order valence-corrected chi connectivity index (χ3v) is 7.83. The molecule has 0 bridgehead atoms. The number of nitrogens with zero attached hydrogens (tertiary/aromatic N) is 6. The van der Waals surface area contributed by atoms with Crippen molar-refractivity contribution in [3.8, 4) is 17.2 Å². The minimum Gasteiger partial charge on any atom is -0.329 e. The predicted octanol–water partition coefficient (Wildman–Crippen LogP) is 4.14. The molecule has 6 rings (SSSR count). The average molecular weight is 514 g/mol. The van der Waals surface area contributed by atoms with Crippen molar-refractivity contribution in [2.75, 3.05) is 4.90 Å². The summed E-state index contributed by atoms with van der Waals surface area (Å²) in [6, 6.07) is 8.30. The maximum absolute atomic E-state index is 13.7. The lowest BCUT2D eigenvalue weighted by molar-refractivity contribution is -0.118. The standard InChI is InChI=1S/C25H16ClN7O2S/c1-32-22-15(11-30-32)10-29-12-19(22)33-24(34)23-18(31-25(33)35)6-20(36-23)21-16(3-2-4-17(21)26)14-5-13(7-27)8-28-9-14/h2-6,8-12,18,23H,1H3,(H,31,35). The van der Waals surface area contributed by atoms with Gasteiger partial charge in [0.2, 0.25) is 0 Å². The number of carbonyl (C=O) groups excluding carboxylic acids is 2. The summed E-state index contributed by atoms with van der Waals surface area (Å²) in [6.45, 7) is 0.